The maximum absolute atomic E-state index is 14.6. The predicted molar refractivity (Wildman–Crippen MR) is 120 cm³/mol. The van der Waals surface area contributed by atoms with Gasteiger partial charge in [-0.15, -0.1) is 5.10 Å². The molecule has 0 bridgehead atoms. The number of nitrogens with zero attached hydrogens (tertiary/aromatic N) is 3. The zero-order valence-electron chi connectivity index (χ0n) is 18.7. The van der Waals surface area contributed by atoms with Crippen LogP contribution in [0.2, 0.25) is 0 Å². The number of rotatable bonds is 7. The summed E-state index contributed by atoms with van der Waals surface area (Å²) in [4.78, 5) is 16.2. The lowest BCUT2D eigenvalue weighted by Crippen LogP contribution is -2.33. The van der Waals surface area contributed by atoms with E-state index < -0.39 is 35.3 Å². The fourth-order valence-electron chi connectivity index (χ4n) is 3.83. The smallest absolute Gasteiger partial charge is 0.316 e. The summed E-state index contributed by atoms with van der Waals surface area (Å²) in [5, 5.41) is 13.2. The predicted octanol–water partition coefficient (Wildman–Crippen LogP) is 4.04. The molecular weight excluding hydrogens is 479 g/mol. The van der Waals surface area contributed by atoms with Gasteiger partial charge in [-0.1, -0.05) is 5.10 Å². The lowest BCUT2D eigenvalue weighted by molar-refractivity contribution is -0.119. The Bertz CT molecular complexity index is 1370. The third-order valence-corrected chi connectivity index (χ3v) is 5.57. The van der Waals surface area contributed by atoms with Gasteiger partial charge in [0.25, 0.3) is 0 Å². The number of hydrogen-bond acceptors (Lipinski definition) is 8. The van der Waals surface area contributed by atoms with Crippen molar-refractivity contribution >= 4 is 11.9 Å². The second kappa shape index (κ2) is 9.56. The maximum atomic E-state index is 14.6. The van der Waals surface area contributed by atoms with Gasteiger partial charge in [-0.25, -0.2) is 18.2 Å². The third kappa shape index (κ3) is 4.65. The summed E-state index contributed by atoms with van der Waals surface area (Å²) in [5.74, 6) is -2.62. The van der Waals surface area contributed by atoms with Crippen LogP contribution in [0.1, 0.15) is 11.5 Å². The number of anilines is 1. The molecule has 1 fully saturated rings. The van der Waals surface area contributed by atoms with Crippen LogP contribution in [0, 0.1) is 17.5 Å². The number of methoxy groups -OCH3 is 1. The molecule has 2 aromatic heterocycles. The van der Waals surface area contributed by atoms with Gasteiger partial charge < -0.3 is 24.5 Å². The van der Waals surface area contributed by atoms with Crippen molar-refractivity contribution in [3.63, 3.8) is 0 Å². The first kappa shape index (κ1) is 23.1. The number of halogens is 3. The van der Waals surface area contributed by atoms with E-state index in [1.165, 1.54) is 19.2 Å². The van der Waals surface area contributed by atoms with Gasteiger partial charge in [0, 0.05) is 41.8 Å². The van der Waals surface area contributed by atoms with Crippen molar-refractivity contribution in [1.82, 2.24) is 20.5 Å². The number of amides is 1. The molecule has 3 heterocycles. The first-order valence-corrected chi connectivity index (χ1v) is 10.7. The second-order valence-corrected chi connectivity index (χ2v) is 7.83. The molecule has 1 saturated heterocycles. The Kier molecular flexibility index (Phi) is 6.15. The highest BCUT2D eigenvalue weighted by Gasteiger charge is 2.40. The van der Waals surface area contributed by atoms with Crippen molar-refractivity contribution in [1.29, 1.82) is 0 Å². The molecule has 12 heteroatoms. The van der Waals surface area contributed by atoms with Gasteiger partial charge in [-0.05, 0) is 30.3 Å². The van der Waals surface area contributed by atoms with Crippen LogP contribution >= 0.6 is 0 Å². The van der Waals surface area contributed by atoms with Crippen molar-refractivity contribution in [3.8, 4) is 28.8 Å². The summed E-state index contributed by atoms with van der Waals surface area (Å²) in [7, 11) is 1.30. The molecule has 2 atom stereocenters. The van der Waals surface area contributed by atoms with E-state index in [0.29, 0.717) is 11.3 Å². The molecule has 9 nitrogen and oxygen atoms in total. The number of carbonyl (C=O) groups excluding carboxylic acids is 1. The zero-order valence-corrected chi connectivity index (χ0v) is 18.7. The van der Waals surface area contributed by atoms with Crippen LogP contribution in [0.25, 0.3) is 11.5 Å². The molecule has 1 aliphatic rings. The highest BCUT2D eigenvalue weighted by Crippen LogP contribution is 2.33. The monoisotopic (exact) mass is 497 g/mol. The van der Waals surface area contributed by atoms with Gasteiger partial charge in [0.2, 0.25) is 17.7 Å². The van der Waals surface area contributed by atoms with Crippen molar-refractivity contribution in [2.24, 2.45) is 0 Å². The molecule has 1 aliphatic heterocycles. The number of hydrogen-bond donors (Lipinski definition) is 2. The first-order valence-electron chi connectivity index (χ1n) is 10.7. The van der Waals surface area contributed by atoms with Crippen LogP contribution in [0.3, 0.4) is 0 Å². The summed E-state index contributed by atoms with van der Waals surface area (Å²) in [6.45, 7) is 0.0159. The van der Waals surface area contributed by atoms with Gasteiger partial charge in [-0.2, -0.15) is 0 Å². The normalized spacial score (nSPS) is 17.1. The Hall–Kier alpha value is -4.61. The number of aromatic nitrogens is 3. The van der Waals surface area contributed by atoms with Crippen LogP contribution in [0.4, 0.5) is 19.2 Å². The summed E-state index contributed by atoms with van der Waals surface area (Å²) in [6, 6.07) is 10.2. The Balaban J connectivity index is 1.31. The third-order valence-electron chi connectivity index (χ3n) is 5.57. The van der Waals surface area contributed by atoms with Crippen LogP contribution in [0.15, 0.2) is 59.1 Å². The van der Waals surface area contributed by atoms with Crippen LogP contribution in [-0.2, 0) is 4.79 Å². The average Bonchev–Trinajstić information content (AvgIpc) is 3.48. The number of benzene rings is 2. The van der Waals surface area contributed by atoms with Crippen LogP contribution in [-0.4, -0.2) is 40.8 Å². The minimum Gasteiger partial charge on any atom is -0.497 e. The molecule has 0 spiro atoms. The van der Waals surface area contributed by atoms with E-state index in [2.05, 4.69) is 25.8 Å². The number of pyridine rings is 1. The summed E-state index contributed by atoms with van der Waals surface area (Å²) in [5.41, 5.74) is 0.298. The van der Waals surface area contributed by atoms with Crippen molar-refractivity contribution in [2.45, 2.75) is 12.0 Å². The van der Waals surface area contributed by atoms with Crippen LogP contribution in [0.5, 0.6) is 17.4 Å². The van der Waals surface area contributed by atoms with Gasteiger partial charge >= 0.3 is 6.01 Å². The lowest BCUT2D eigenvalue weighted by atomic mass is 9.93. The average molecular weight is 497 g/mol. The van der Waals surface area contributed by atoms with Gasteiger partial charge in [0.05, 0.1) is 13.3 Å². The largest absolute Gasteiger partial charge is 0.497 e. The standard InChI is InChI=1S/C24H18F3N5O4/c1-34-15-8-17(26)20(18(27)9-15)16-11-29-22(33)21(16)30-24-32-31-23(36-24)12-2-5-14(6-3-12)35-19-7-4-13(25)10-28-19/h2-10,16,21H,11H2,1H3,(H,29,33)(H,30,32)/t16-,21-/m0/s1. The molecular formula is C24H18F3N5O4. The molecule has 36 heavy (non-hydrogen) atoms. The molecule has 2 N–H and O–H groups in total. The Morgan fingerprint density at radius 2 is 1.78 bits per heavy atom. The zero-order chi connectivity index (χ0) is 25.2. The van der Waals surface area contributed by atoms with E-state index in [1.54, 1.807) is 24.3 Å². The number of carbonyl (C=O) groups is 1. The molecule has 4 aromatic rings. The Morgan fingerprint density at radius 1 is 1.03 bits per heavy atom. The molecule has 0 radical (unpaired) electrons. The summed E-state index contributed by atoms with van der Waals surface area (Å²) >= 11 is 0. The molecule has 184 valence electrons. The SMILES string of the molecule is COc1cc(F)c([C@@H]2CNC(=O)[C@H]2Nc2nnc(-c3ccc(Oc4ccc(F)cn4)cc3)o2)c(F)c1. The molecule has 5 rings (SSSR count). The van der Waals surface area contributed by atoms with Crippen molar-refractivity contribution in [3.05, 3.63) is 77.7 Å². The van der Waals surface area contributed by atoms with Crippen molar-refractivity contribution in [2.75, 3.05) is 19.0 Å². The lowest BCUT2D eigenvalue weighted by Gasteiger charge is -2.19. The van der Waals surface area contributed by atoms with E-state index in [4.69, 9.17) is 13.9 Å². The quantitative estimate of drug-likeness (QED) is 0.394. The summed E-state index contributed by atoms with van der Waals surface area (Å²) < 4.78 is 58.3. The Morgan fingerprint density at radius 3 is 2.44 bits per heavy atom. The highest BCUT2D eigenvalue weighted by molar-refractivity contribution is 5.88. The number of ether oxygens (including phenoxy) is 2. The Labute approximate surface area is 202 Å². The fourth-order valence-corrected chi connectivity index (χ4v) is 3.83. The van der Waals surface area contributed by atoms with E-state index in [1.807, 2.05) is 0 Å². The molecule has 0 aliphatic carbocycles. The maximum Gasteiger partial charge on any atom is 0.316 e. The van der Waals surface area contributed by atoms with E-state index in [0.717, 1.165) is 18.3 Å². The minimum atomic E-state index is -1.05. The second-order valence-electron chi connectivity index (χ2n) is 7.83. The molecule has 1 amide bonds. The van der Waals surface area contributed by atoms with E-state index in [9.17, 15) is 18.0 Å². The fraction of sp³-hybridized carbons (Fsp3) is 0.167. The van der Waals surface area contributed by atoms with Gasteiger partial charge in [-0.3, -0.25) is 4.79 Å². The van der Waals surface area contributed by atoms with Gasteiger partial charge in [0.15, 0.2) is 0 Å². The number of nitrogens with one attached hydrogen (secondary N) is 2. The minimum absolute atomic E-state index is 0.0159. The van der Waals surface area contributed by atoms with Gasteiger partial charge in [0.1, 0.15) is 35.0 Å². The molecule has 0 unspecified atom stereocenters. The van der Waals surface area contributed by atoms with E-state index >= 15 is 0 Å². The molecule has 0 saturated carbocycles. The topological polar surface area (TPSA) is 111 Å². The van der Waals surface area contributed by atoms with Crippen LogP contribution < -0.4 is 20.1 Å². The molecule has 2 aromatic carbocycles. The highest BCUT2D eigenvalue weighted by atomic mass is 19.1. The first-order chi connectivity index (χ1) is 17.4. The van der Waals surface area contributed by atoms with Crippen molar-refractivity contribution < 1.29 is 31.9 Å². The van der Waals surface area contributed by atoms with E-state index in [-0.39, 0.29) is 35.6 Å². The summed E-state index contributed by atoms with van der Waals surface area (Å²) in [6.07, 6.45) is 1.04.